The van der Waals surface area contributed by atoms with Crippen LogP contribution in [0.2, 0.25) is 0 Å². The third-order valence-corrected chi connectivity index (χ3v) is 11.1. The van der Waals surface area contributed by atoms with Gasteiger partial charge in [0.1, 0.15) is 36.2 Å². The topological polar surface area (TPSA) is 166 Å². The molecular weight excluding hydrogens is 814 g/mol. The van der Waals surface area contributed by atoms with Gasteiger partial charge in [-0.25, -0.2) is 13.8 Å². The fourth-order valence-electron chi connectivity index (χ4n) is 7.55. The first-order chi connectivity index (χ1) is 28.3. The molecule has 6 rings (SSSR count). The highest BCUT2D eigenvalue weighted by molar-refractivity contribution is 7.81. The molecule has 3 amide bonds. The molecule has 3 fully saturated rings. The van der Waals surface area contributed by atoms with Crippen molar-refractivity contribution in [2.24, 2.45) is 0 Å². The molecule has 320 valence electrons. The van der Waals surface area contributed by atoms with Gasteiger partial charge >= 0.3 is 6.18 Å². The third-order valence-electron chi connectivity index (χ3n) is 10.7. The van der Waals surface area contributed by atoms with Gasteiger partial charge in [-0.3, -0.25) is 34.4 Å². The molecule has 14 nitrogen and oxygen atoms in total. The number of hydrogen-bond acceptors (Lipinski definition) is 12. The van der Waals surface area contributed by atoms with Crippen molar-refractivity contribution in [3.05, 3.63) is 71.1 Å². The molecule has 3 atom stereocenters. The number of imide groups is 1. The lowest BCUT2D eigenvalue weighted by atomic mass is 10.0. The van der Waals surface area contributed by atoms with Gasteiger partial charge in [0.2, 0.25) is 11.8 Å². The zero-order chi connectivity index (χ0) is 43.7. The maximum absolute atomic E-state index is 14.7. The van der Waals surface area contributed by atoms with Gasteiger partial charge in [-0.05, 0) is 81.7 Å². The number of aliphatic hydroxyl groups is 1. The molecule has 3 saturated heterocycles. The SMILES string of the molecule is CCc1cc(N2C(=S)N(c3cnc(C#N)c(C(F)(F)F)c3)C(=O)C2(C)C)ccc1OCCN1CCN(CC(O)Nc2cc(NC3CCC(=O)NC3=O)cc(F)c2F)[C@H](C)C1. The highest BCUT2D eigenvalue weighted by Gasteiger charge is 2.51. The van der Waals surface area contributed by atoms with E-state index in [0.717, 1.165) is 22.7 Å². The standard InChI is InChI=1S/C40H44F5N9O5S/c1-5-23-14-25(54-38(60)53(37(58)39(54,3)4)26-17-27(40(43,44)45)31(18-46)47-19-26)6-8-32(23)59-13-12-51-10-11-52(22(2)20-51)21-34(56)49-30-16-24(15-28(41)35(30)42)48-29-7-9-33(55)50-36(29)57/h6,8,14-17,19,22,29,34,48-49,56H,5,7,9-13,20-21H2,1-4H3,(H,50,55,57)/t22-,29?,34?/m1/s1. The Hall–Kier alpha value is -5.49. The first kappa shape index (κ1) is 44.1. The summed E-state index contributed by atoms with van der Waals surface area (Å²) in [6.45, 7) is 10.0. The number of aryl methyl sites for hydroxylation is 1. The molecule has 4 heterocycles. The average Bonchev–Trinajstić information content (AvgIpc) is 3.36. The number of carbonyl (C=O) groups excluding carboxylic acids is 3. The number of nitrogens with zero attached hydrogens (tertiary/aromatic N) is 6. The van der Waals surface area contributed by atoms with E-state index in [4.69, 9.17) is 22.2 Å². The van der Waals surface area contributed by atoms with Gasteiger partial charge in [0.25, 0.3) is 5.91 Å². The summed E-state index contributed by atoms with van der Waals surface area (Å²) in [5, 5.41) is 27.6. The van der Waals surface area contributed by atoms with Crippen LogP contribution in [0.1, 0.15) is 57.4 Å². The van der Waals surface area contributed by atoms with E-state index in [1.54, 1.807) is 30.9 Å². The van der Waals surface area contributed by atoms with E-state index < -0.39 is 64.6 Å². The van der Waals surface area contributed by atoms with Crippen molar-refractivity contribution in [2.45, 2.75) is 77.0 Å². The van der Waals surface area contributed by atoms with Gasteiger partial charge in [0, 0.05) is 62.6 Å². The zero-order valence-corrected chi connectivity index (χ0v) is 34.0. The number of halogens is 5. The summed E-state index contributed by atoms with van der Waals surface area (Å²) in [6.07, 6.45) is -4.26. The Labute approximate surface area is 348 Å². The molecule has 0 bridgehead atoms. The van der Waals surface area contributed by atoms with Crippen molar-refractivity contribution >= 4 is 57.8 Å². The van der Waals surface area contributed by atoms with Crippen LogP contribution < -0.4 is 30.5 Å². The summed E-state index contributed by atoms with van der Waals surface area (Å²) in [7, 11) is 0. The van der Waals surface area contributed by atoms with Crippen LogP contribution in [0.3, 0.4) is 0 Å². The number of nitrogens with one attached hydrogen (secondary N) is 3. The monoisotopic (exact) mass is 857 g/mol. The van der Waals surface area contributed by atoms with E-state index in [9.17, 15) is 41.4 Å². The lowest BCUT2D eigenvalue weighted by Gasteiger charge is -2.40. The summed E-state index contributed by atoms with van der Waals surface area (Å²) >= 11 is 5.67. The number of amides is 3. The van der Waals surface area contributed by atoms with Crippen molar-refractivity contribution in [2.75, 3.05) is 59.8 Å². The van der Waals surface area contributed by atoms with Gasteiger partial charge < -0.3 is 25.4 Å². The molecular formula is C40H44F5N9O5S. The third kappa shape index (κ3) is 9.28. The minimum atomic E-state index is -4.88. The summed E-state index contributed by atoms with van der Waals surface area (Å²) in [6, 6.07) is 8.79. The number of thiocarbonyl (C=S) groups is 1. The van der Waals surface area contributed by atoms with Crippen molar-refractivity contribution in [1.82, 2.24) is 20.1 Å². The fraction of sp³-hybridized carbons (Fsp3) is 0.450. The number of β-amino-alcohol motifs (C(OH)–C–C–N with tert-alkyl or cyclic N) is 1. The van der Waals surface area contributed by atoms with E-state index >= 15 is 0 Å². The van der Waals surface area contributed by atoms with Gasteiger partial charge in [0.05, 0.1) is 23.1 Å². The number of rotatable bonds is 13. The Balaban J connectivity index is 1.03. The van der Waals surface area contributed by atoms with Gasteiger partial charge in [-0.1, -0.05) is 6.92 Å². The summed E-state index contributed by atoms with van der Waals surface area (Å²) in [5.41, 5.74) is -2.40. The van der Waals surface area contributed by atoms with Crippen LogP contribution in [0.25, 0.3) is 0 Å². The molecule has 3 aliphatic rings. The number of piperazine rings is 1. The van der Waals surface area contributed by atoms with Gasteiger partial charge in [-0.2, -0.15) is 18.4 Å². The van der Waals surface area contributed by atoms with Crippen LogP contribution in [0.5, 0.6) is 5.75 Å². The lowest BCUT2D eigenvalue weighted by molar-refractivity contribution is -0.138. The molecule has 2 aromatic carbocycles. The first-order valence-corrected chi connectivity index (χ1v) is 19.6. The average molecular weight is 858 g/mol. The number of aliphatic hydroxyl groups excluding tert-OH is 1. The molecule has 0 saturated carbocycles. The van der Waals surface area contributed by atoms with E-state index in [1.165, 1.54) is 12.1 Å². The van der Waals surface area contributed by atoms with Crippen LogP contribution >= 0.6 is 12.2 Å². The number of benzene rings is 2. The molecule has 0 spiro atoms. The Kier molecular flexibility index (Phi) is 12.9. The molecule has 20 heteroatoms. The van der Waals surface area contributed by atoms with Crippen LogP contribution in [-0.2, 0) is 27.0 Å². The molecule has 3 aromatic rings. The summed E-state index contributed by atoms with van der Waals surface area (Å²) in [4.78, 5) is 47.7. The van der Waals surface area contributed by atoms with Crippen molar-refractivity contribution < 1.29 is 46.2 Å². The van der Waals surface area contributed by atoms with Crippen LogP contribution in [0.4, 0.5) is 44.7 Å². The van der Waals surface area contributed by atoms with E-state index in [0.29, 0.717) is 56.7 Å². The van der Waals surface area contributed by atoms with Crippen molar-refractivity contribution in [1.29, 1.82) is 5.26 Å². The molecule has 3 aliphatic heterocycles. The number of nitriles is 1. The normalized spacial score (nSPS) is 20.6. The Morgan fingerprint density at radius 1 is 1.13 bits per heavy atom. The van der Waals surface area contributed by atoms with E-state index in [2.05, 4.69) is 25.8 Å². The van der Waals surface area contributed by atoms with Crippen LogP contribution in [-0.4, -0.2) is 106 Å². The number of hydrogen-bond donors (Lipinski definition) is 4. The summed E-state index contributed by atoms with van der Waals surface area (Å²) < 4.78 is 76.7. The Morgan fingerprint density at radius 2 is 1.88 bits per heavy atom. The number of carbonyl (C=O) groups is 3. The number of ether oxygens (including phenoxy) is 1. The van der Waals surface area contributed by atoms with Crippen LogP contribution in [0, 0.1) is 23.0 Å². The predicted octanol–water partition coefficient (Wildman–Crippen LogP) is 4.76. The second kappa shape index (κ2) is 17.6. The van der Waals surface area contributed by atoms with E-state index in [-0.39, 0.29) is 47.6 Å². The lowest BCUT2D eigenvalue weighted by Crippen LogP contribution is -2.55. The highest BCUT2D eigenvalue weighted by atomic mass is 32.1. The molecule has 0 radical (unpaired) electrons. The first-order valence-electron chi connectivity index (χ1n) is 19.2. The van der Waals surface area contributed by atoms with Crippen molar-refractivity contribution in [3.63, 3.8) is 0 Å². The van der Waals surface area contributed by atoms with E-state index in [1.807, 2.05) is 24.8 Å². The number of pyridine rings is 1. The number of alkyl halides is 3. The summed E-state index contributed by atoms with van der Waals surface area (Å²) in [5.74, 6) is -3.29. The molecule has 1 aromatic heterocycles. The van der Waals surface area contributed by atoms with Crippen LogP contribution in [0.15, 0.2) is 42.6 Å². The molecule has 4 N–H and O–H groups in total. The molecule has 60 heavy (non-hydrogen) atoms. The molecule has 0 aliphatic carbocycles. The zero-order valence-electron chi connectivity index (χ0n) is 33.2. The molecule has 2 unspecified atom stereocenters. The van der Waals surface area contributed by atoms with Crippen molar-refractivity contribution in [3.8, 4) is 11.8 Å². The maximum Gasteiger partial charge on any atom is 0.419 e. The second-order valence-corrected chi connectivity index (χ2v) is 15.6. The number of anilines is 4. The van der Waals surface area contributed by atoms with Gasteiger partial charge in [-0.15, -0.1) is 0 Å². The number of aromatic nitrogens is 1. The highest BCUT2D eigenvalue weighted by Crippen LogP contribution is 2.40. The van der Waals surface area contributed by atoms with Gasteiger partial charge in [0.15, 0.2) is 22.4 Å². The Bertz CT molecular complexity index is 2220. The maximum atomic E-state index is 14.7. The quantitative estimate of drug-likeness (QED) is 0.0806. The fourth-order valence-corrected chi connectivity index (χ4v) is 8.07. The largest absolute Gasteiger partial charge is 0.492 e. The minimum Gasteiger partial charge on any atom is -0.492 e. The second-order valence-electron chi connectivity index (χ2n) is 15.3. The minimum absolute atomic E-state index is 0.0159. The smallest absolute Gasteiger partial charge is 0.419 e. The number of piperidine rings is 1. The Morgan fingerprint density at radius 3 is 2.55 bits per heavy atom. The predicted molar refractivity (Wildman–Crippen MR) is 215 cm³/mol.